The quantitative estimate of drug-likeness (QED) is 0.249. The Morgan fingerprint density at radius 2 is 1.65 bits per heavy atom. The van der Waals surface area contributed by atoms with E-state index in [2.05, 4.69) is 0 Å². The highest BCUT2D eigenvalue weighted by Gasteiger charge is 2.26. The van der Waals surface area contributed by atoms with Crippen LogP contribution in [0.4, 0.5) is 5.69 Å². The van der Waals surface area contributed by atoms with Crippen LogP contribution in [0.5, 0.6) is 5.75 Å². The molecule has 1 aromatic heterocycles. The Bertz CT molecular complexity index is 1600. The Hall–Kier alpha value is -2.19. The molecule has 198 valence electrons. The molecule has 9 nitrogen and oxygen atoms in total. The van der Waals surface area contributed by atoms with E-state index in [1.807, 2.05) is 16.7 Å². The van der Waals surface area contributed by atoms with E-state index in [0.717, 1.165) is 15.2 Å². The minimum atomic E-state index is -4.10. The number of rotatable bonds is 10. The molecule has 14 heteroatoms. The van der Waals surface area contributed by atoms with E-state index in [4.69, 9.17) is 37.0 Å². The standard InChI is InChI=1S/C23H22Cl2N2O7S3/c24-16-6-8-20-18(14-16)26(10-2-12-36(28,29)30)22(34-20)4-1-5-23-27(11-3-13-37(31,32)33)19-15-17(25)7-9-21(19)35-23/h1,4-9,14-15H,2-3,10-13H2,(H-,28,29,30,31,32,33)/p+1. The maximum Gasteiger partial charge on any atom is 0.265 e. The van der Waals surface area contributed by atoms with Gasteiger partial charge in [0.15, 0.2) is 12.3 Å². The number of fused-ring (bicyclic) bond motifs is 2. The number of hydrogen-bond donors (Lipinski definition) is 2. The van der Waals surface area contributed by atoms with Crippen molar-refractivity contribution in [2.75, 3.05) is 23.0 Å². The number of thiazole rings is 1. The molecule has 37 heavy (non-hydrogen) atoms. The summed E-state index contributed by atoms with van der Waals surface area (Å²) in [7, 11) is -8.18. The third-order valence-corrected chi connectivity index (χ3v) is 8.64. The molecule has 0 unspecified atom stereocenters. The molecule has 0 radical (unpaired) electrons. The first-order valence-corrected chi connectivity index (χ1v) is 15.8. The molecular weight excluding hydrogens is 583 g/mol. The summed E-state index contributed by atoms with van der Waals surface area (Å²) < 4.78 is 71.8. The summed E-state index contributed by atoms with van der Waals surface area (Å²) in [5.74, 6) is 0.257. The average Bonchev–Trinajstić information content (AvgIpc) is 3.30. The number of halogens is 2. The van der Waals surface area contributed by atoms with Gasteiger partial charge in [-0.25, -0.2) is 0 Å². The number of anilines is 1. The smallest absolute Gasteiger partial charge is 0.265 e. The molecular formula is C23H23Cl2N2O7S3+. The van der Waals surface area contributed by atoms with Gasteiger partial charge in [0, 0.05) is 35.2 Å². The van der Waals surface area contributed by atoms with E-state index in [1.54, 1.807) is 47.4 Å². The first kappa shape index (κ1) is 27.8. The summed E-state index contributed by atoms with van der Waals surface area (Å²) in [6, 6.07) is 10.6. The molecule has 2 N–H and O–H groups in total. The first-order chi connectivity index (χ1) is 17.4. The lowest BCUT2D eigenvalue weighted by atomic mass is 10.2. The largest absolute Gasteiger partial charge is 0.439 e. The number of allylic oxidation sites excluding steroid dienone is 2. The molecule has 1 aliphatic rings. The molecule has 0 fully saturated rings. The van der Waals surface area contributed by atoms with Crippen molar-refractivity contribution in [3.05, 3.63) is 69.5 Å². The lowest BCUT2D eigenvalue weighted by Gasteiger charge is -2.17. The van der Waals surface area contributed by atoms with Crippen molar-refractivity contribution in [1.82, 2.24) is 0 Å². The summed E-state index contributed by atoms with van der Waals surface area (Å²) in [5.41, 5.74) is 1.52. The van der Waals surface area contributed by atoms with Gasteiger partial charge < -0.3 is 9.64 Å². The van der Waals surface area contributed by atoms with Gasteiger partial charge in [0.25, 0.3) is 25.2 Å². The Morgan fingerprint density at radius 1 is 0.973 bits per heavy atom. The third-order valence-electron chi connectivity index (χ3n) is 5.43. The summed E-state index contributed by atoms with van der Waals surface area (Å²) in [4.78, 5) is 1.78. The van der Waals surface area contributed by atoms with Gasteiger partial charge in [0.2, 0.25) is 11.4 Å². The third kappa shape index (κ3) is 7.44. The molecule has 2 aromatic carbocycles. The minimum Gasteiger partial charge on any atom is -0.439 e. The molecule has 0 atom stereocenters. The molecule has 4 rings (SSSR count). The van der Waals surface area contributed by atoms with Gasteiger partial charge in [-0.1, -0.05) is 34.5 Å². The van der Waals surface area contributed by atoms with Crippen molar-refractivity contribution in [3.8, 4) is 5.75 Å². The van der Waals surface area contributed by atoms with E-state index in [0.29, 0.717) is 33.9 Å². The molecule has 0 bridgehead atoms. The van der Waals surface area contributed by atoms with Crippen molar-refractivity contribution in [1.29, 1.82) is 0 Å². The van der Waals surface area contributed by atoms with Crippen molar-refractivity contribution in [3.63, 3.8) is 0 Å². The Balaban J connectivity index is 1.62. The first-order valence-electron chi connectivity index (χ1n) is 11.1. The number of hydrogen-bond acceptors (Lipinski definition) is 7. The lowest BCUT2D eigenvalue weighted by Crippen LogP contribution is -2.36. The van der Waals surface area contributed by atoms with Crippen LogP contribution in [-0.4, -0.2) is 44.0 Å². The van der Waals surface area contributed by atoms with Crippen LogP contribution in [-0.2, 0) is 26.8 Å². The summed E-state index contributed by atoms with van der Waals surface area (Å²) in [5, 5.41) is 1.86. The number of ether oxygens (including phenoxy) is 1. The number of aryl methyl sites for hydroxylation is 1. The van der Waals surface area contributed by atoms with Crippen LogP contribution < -0.4 is 14.2 Å². The predicted octanol–water partition coefficient (Wildman–Crippen LogP) is 4.81. The fourth-order valence-corrected chi connectivity index (χ4v) is 6.28. The zero-order chi connectivity index (χ0) is 26.8. The van der Waals surface area contributed by atoms with Crippen LogP contribution in [0.25, 0.3) is 16.3 Å². The van der Waals surface area contributed by atoms with E-state index >= 15 is 0 Å². The normalized spacial score (nSPS) is 15.1. The van der Waals surface area contributed by atoms with Crippen LogP contribution in [0.2, 0.25) is 10.0 Å². The second kappa shape index (κ2) is 11.3. The Morgan fingerprint density at radius 3 is 2.38 bits per heavy atom. The number of nitrogens with zero attached hydrogens (tertiary/aromatic N) is 2. The second-order valence-corrected chi connectivity index (χ2v) is 13.3. The molecule has 1 aliphatic heterocycles. The van der Waals surface area contributed by atoms with E-state index < -0.39 is 26.0 Å². The second-order valence-electron chi connectivity index (χ2n) is 8.21. The molecule has 2 heterocycles. The van der Waals surface area contributed by atoms with Crippen molar-refractivity contribution in [2.45, 2.75) is 19.4 Å². The summed E-state index contributed by atoms with van der Waals surface area (Å²) in [6.45, 7) is 0.613. The monoisotopic (exact) mass is 605 g/mol. The van der Waals surface area contributed by atoms with Gasteiger partial charge in [-0.2, -0.15) is 21.4 Å². The van der Waals surface area contributed by atoms with Crippen LogP contribution in [0, 0.1) is 0 Å². The van der Waals surface area contributed by atoms with Gasteiger partial charge in [-0.3, -0.25) is 9.11 Å². The summed E-state index contributed by atoms with van der Waals surface area (Å²) >= 11 is 13.8. The molecule has 0 saturated carbocycles. The zero-order valence-corrected chi connectivity index (χ0v) is 23.2. The fourth-order valence-electron chi connectivity index (χ4n) is 3.88. The van der Waals surface area contributed by atoms with Gasteiger partial charge in [-0.05, 0) is 48.9 Å². The molecule has 0 saturated heterocycles. The van der Waals surface area contributed by atoms with Crippen molar-refractivity contribution < 1.29 is 35.2 Å². The van der Waals surface area contributed by atoms with Crippen molar-refractivity contribution in [2.24, 2.45) is 0 Å². The zero-order valence-electron chi connectivity index (χ0n) is 19.2. The highest BCUT2D eigenvalue weighted by atomic mass is 35.5. The van der Waals surface area contributed by atoms with Gasteiger partial charge in [0.05, 0.1) is 17.2 Å². The minimum absolute atomic E-state index is 0.167. The van der Waals surface area contributed by atoms with Gasteiger partial charge in [0.1, 0.15) is 4.70 Å². The molecule has 3 aromatic rings. The Kier molecular flexibility index (Phi) is 8.48. The van der Waals surface area contributed by atoms with Gasteiger partial charge >= 0.3 is 0 Å². The Labute approximate surface area is 228 Å². The molecule has 0 aliphatic carbocycles. The topological polar surface area (TPSA) is 125 Å². The highest BCUT2D eigenvalue weighted by molar-refractivity contribution is 7.86. The lowest BCUT2D eigenvalue weighted by molar-refractivity contribution is -0.668. The highest BCUT2D eigenvalue weighted by Crippen LogP contribution is 2.40. The maximum absolute atomic E-state index is 11.2. The van der Waals surface area contributed by atoms with Crippen LogP contribution in [0.15, 0.2) is 54.4 Å². The fraction of sp³-hybridized carbons (Fsp3) is 0.261. The van der Waals surface area contributed by atoms with Crippen LogP contribution >= 0.6 is 34.5 Å². The number of benzene rings is 2. The van der Waals surface area contributed by atoms with Crippen LogP contribution in [0.3, 0.4) is 0 Å². The average molecular weight is 607 g/mol. The molecule has 0 spiro atoms. The SMILES string of the molecule is O=S(=O)(O)CCCN1C(=CC=Cc2sc3ccc(Cl)cc3[n+]2CCCS(=O)(=O)O)Oc2ccc(Cl)cc21. The van der Waals surface area contributed by atoms with Crippen molar-refractivity contribution >= 4 is 76.8 Å². The summed E-state index contributed by atoms with van der Waals surface area (Å²) in [6.07, 6.45) is 5.71. The predicted molar refractivity (Wildman–Crippen MR) is 146 cm³/mol. The van der Waals surface area contributed by atoms with Gasteiger partial charge in [-0.15, -0.1) is 0 Å². The van der Waals surface area contributed by atoms with E-state index in [9.17, 15) is 16.8 Å². The van der Waals surface area contributed by atoms with E-state index in [1.165, 1.54) is 11.3 Å². The van der Waals surface area contributed by atoms with Crippen LogP contribution in [0.1, 0.15) is 17.8 Å². The number of aromatic nitrogens is 1. The van der Waals surface area contributed by atoms with E-state index in [-0.39, 0.29) is 25.1 Å². The molecule has 0 amide bonds. The maximum atomic E-state index is 11.2.